The number of aliphatic hydroxyl groups is 1. The SMILES string of the molecule is Cc1ncccc1O[C@@H]1COc2ccc(OCc3ccc4ccccc4n3)cc2[C@@H]1O. The van der Waals surface area contributed by atoms with Gasteiger partial charge in [0.25, 0.3) is 0 Å². The fourth-order valence-corrected chi connectivity index (χ4v) is 3.64. The van der Waals surface area contributed by atoms with Crippen molar-refractivity contribution in [3.05, 3.63) is 89.9 Å². The summed E-state index contributed by atoms with van der Waals surface area (Å²) >= 11 is 0. The molecule has 4 aromatic rings. The van der Waals surface area contributed by atoms with E-state index in [1.807, 2.05) is 61.5 Å². The third-order valence-corrected chi connectivity index (χ3v) is 5.33. The maximum Gasteiger partial charge on any atom is 0.163 e. The molecule has 31 heavy (non-hydrogen) atoms. The van der Waals surface area contributed by atoms with Crippen molar-refractivity contribution < 1.29 is 19.3 Å². The molecule has 5 rings (SSSR count). The number of hydrogen-bond donors (Lipinski definition) is 1. The third-order valence-electron chi connectivity index (χ3n) is 5.33. The fourth-order valence-electron chi connectivity index (χ4n) is 3.64. The Hall–Kier alpha value is -3.64. The van der Waals surface area contributed by atoms with Crippen molar-refractivity contribution in [3.63, 3.8) is 0 Å². The van der Waals surface area contributed by atoms with Crippen LogP contribution in [0.25, 0.3) is 10.9 Å². The van der Waals surface area contributed by atoms with Crippen molar-refractivity contribution in [2.75, 3.05) is 6.61 Å². The first-order chi connectivity index (χ1) is 15.2. The zero-order valence-electron chi connectivity index (χ0n) is 17.1. The van der Waals surface area contributed by atoms with Crippen molar-refractivity contribution in [2.24, 2.45) is 0 Å². The summed E-state index contributed by atoms with van der Waals surface area (Å²) in [5.41, 5.74) is 3.17. The van der Waals surface area contributed by atoms with Gasteiger partial charge in [0.2, 0.25) is 0 Å². The van der Waals surface area contributed by atoms with Gasteiger partial charge in [0.15, 0.2) is 6.10 Å². The summed E-state index contributed by atoms with van der Waals surface area (Å²) < 4.78 is 17.7. The number of fused-ring (bicyclic) bond motifs is 2. The molecular formula is C25H22N2O4. The molecule has 0 amide bonds. The monoisotopic (exact) mass is 414 g/mol. The number of ether oxygens (including phenoxy) is 3. The van der Waals surface area contributed by atoms with E-state index < -0.39 is 12.2 Å². The predicted molar refractivity (Wildman–Crippen MR) is 116 cm³/mol. The number of para-hydroxylation sites is 1. The van der Waals surface area contributed by atoms with Crippen LogP contribution in [0, 0.1) is 6.92 Å². The molecule has 3 heterocycles. The molecule has 6 heteroatoms. The standard InChI is InChI=1S/C25H22N2O4/c1-16-22(7-4-12-26-16)31-24-15-30-23-11-10-19(13-20(23)25(24)28)29-14-18-9-8-17-5-2-3-6-21(17)27-18/h2-13,24-25,28H,14-15H2,1H3/t24-,25+/m1/s1. The van der Waals surface area contributed by atoms with Gasteiger partial charge in [0.1, 0.15) is 36.6 Å². The van der Waals surface area contributed by atoms with E-state index in [0.29, 0.717) is 29.4 Å². The van der Waals surface area contributed by atoms with E-state index in [0.717, 1.165) is 22.3 Å². The lowest BCUT2D eigenvalue weighted by Crippen LogP contribution is -2.35. The van der Waals surface area contributed by atoms with Gasteiger partial charge in [-0.05, 0) is 49.4 Å². The molecule has 2 aromatic heterocycles. The second-order valence-electron chi connectivity index (χ2n) is 7.48. The van der Waals surface area contributed by atoms with Crippen LogP contribution in [0.2, 0.25) is 0 Å². The van der Waals surface area contributed by atoms with E-state index in [2.05, 4.69) is 9.97 Å². The first-order valence-electron chi connectivity index (χ1n) is 10.2. The van der Waals surface area contributed by atoms with Crippen LogP contribution in [0.15, 0.2) is 72.9 Å². The molecule has 0 unspecified atom stereocenters. The van der Waals surface area contributed by atoms with Crippen molar-refractivity contribution in [1.29, 1.82) is 0 Å². The Kier molecular flexibility index (Phi) is 5.14. The highest BCUT2D eigenvalue weighted by Crippen LogP contribution is 2.37. The number of hydrogen-bond acceptors (Lipinski definition) is 6. The Morgan fingerprint density at radius 1 is 1.06 bits per heavy atom. The molecule has 2 aromatic carbocycles. The number of pyridine rings is 2. The number of rotatable bonds is 5. The maximum absolute atomic E-state index is 10.9. The lowest BCUT2D eigenvalue weighted by atomic mass is 10.0. The van der Waals surface area contributed by atoms with Crippen LogP contribution in [0.4, 0.5) is 0 Å². The second kappa shape index (κ2) is 8.24. The van der Waals surface area contributed by atoms with E-state index in [9.17, 15) is 5.11 Å². The first-order valence-corrected chi connectivity index (χ1v) is 10.2. The van der Waals surface area contributed by atoms with E-state index in [4.69, 9.17) is 14.2 Å². The summed E-state index contributed by atoms with van der Waals surface area (Å²) in [6.45, 7) is 2.45. The Morgan fingerprint density at radius 2 is 1.97 bits per heavy atom. The van der Waals surface area contributed by atoms with Gasteiger partial charge in [-0.2, -0.15) is 0 Å². The molecule has 0 spiro atoms. The largest absolute Gasteiger partial charge is 0.489 e. The van der Waals surface area contributed by atoms with Crippen LogP contribution in [0.3, 0.4) is 0 Å². The number of aliphatic hydroxyl groups excluding tert-OH is 1. The molecular weight excluding hydrogens is 392 g/mol. The van der Waals surface area contributed by atoms with Gasteiger partial charge in [-0.1, -0.05) is 24.3 Å². The molecule has 0 saturated heterocycles. The van der Waals surface area contributed by atoms with Crippen LogP contribution in [0.5, 0.6) is 17.2 Å². The molecule has 2 atom stereocenters. The zero-order chi connectivity index (χ0) is 21.2. The van der Waals surface area contributed by atoms with Crippen molar-refractivity contribution >= 4 is 10.9 Å². The number of aryl methyl sites for hydroxylation is 1. The molecule has 0 radical (unpaired) electrons. The van der Waals surface area contributed by atoms with Crippen molar-refractivity contribution in [3.8, 4) is 17.2 Å². The van der Waals surface area contributed by atoms with Crippen LogP contribution in [-0.2, 0) is 6.61 Å². The van der Waals surface area contributed by atoms with Crippen LogP contribution >= 0.6 is 0 Å². The van der Waals surface area contributed by atoms with Gasteiger partial charge in [0.05, 0.1) is 16.9 Å². The Labute approximate surface area is 180 Å². The highest BCUT2D eigenvalue weighted by Gasteiger charge is 2.32. The Balaban J connectivity index is 1.31. The topological polar surface area (TPSA) is 73.7 Å². The molecule has 6 nitrogen and oxygen atoms in total. The molecule has 1 aliphatic heterocycles. The summed E-state index contributed by atoms with van der Waals surface area (Å²) in [6.07, 6.45) is 0.331. The smallest absolute Gasteiger partial charge is 0.163 e. The summed E-state index contributed by atoms with van der Waals surface area (Å²) in [5.74, 6) is 1.90. The van der Waals surface area contributed by atoms with Gasteiger partial charge in [-0.25, -0.2) is 4.98 Å². The number of nitrogens with zero attached hydrogens (tertiary/aromatic N) is 2. The van der Waals surface area contributed by atoms with Gasteiger partial charge in [-0.3, -0.25) is 4.98 Å². The minimum Gasteiger partial charge on any atom is -0.489 e. The lowest BCUT2D eigenvalue weighted by Gasteiger charge is -2.31. The summed E-state index contributed by atoms with van der Waals surface area (Å²) in [4.78, 5) is 8.86. The van der Waals surface area contributed by atoms with Gasteiger partial charge < -0.3 is 19.3 Å². The predicted octanol–water partition coefficient (Wildman–Crippen LogP) is 4.39. The van der Waals surface area contributed by atoms with E-state index in [-0.39, 0.29) is 6.61 Å². The third kappa shape index (κ3) is 4.02. The fraction of sp³-hybridized carbons (Fsp3) is 0.200. The second-order valence-corrected chi connectivity index (χ2v) is 7.48. The summed E-state index contributed by atoms with van der Waals surface area (Å²) in [5, 5.41) is 12.0. The average molecular weight is 414 g/mol. The summed E-state index contributed by atoms with van der Waals surface area (Å²) in [7, 11) is 0. The highest BCUT2D eigenvalue weighted by molar-refractivity contribution is 5.78. The molecule has 0 saturated carbocycles. The molecule has 1 aliphatic rings. The van der Waals surface area contributed by atoms with E-state index in [1.54, 1.807) is 18.3 Å². The van der Waals surface area contributed by atoms with Gasteiger partial charge in [-0.15, -0.1) is 0 Å². The number of aromatic nitrogens is 2. The molecule has 0 aliphatic carbocycles. The quantitative estimate of drug-likeness (QED) is 0.522. The van der Waals surface area contributed by atoms with Gasteiger partial charge >= 0.3 is 0 Å². The van der Waals surface area contributed by atoms with Crippen molar-refractivity contribution in [2.45, 2.75) is 25.7 Å². The molecule has 0 fully saturated rings. The minimum absolute atomic E-state index is 0.254. The van der Waals surface area contributed by atoms with Gasteiger partial charge in [0, 0.05) is 17.1 Å². The minimum atomic E-state index is -0.842. The average Bonchev–Trinajstić information content (AvgIpc) is 2.81. The van der Waals surface area contributed by atoms with E-state index in [1.165, 1.54) is 0 Å². The normalized spacial score (nSPS) is 17.6. The first kappa shape index (κ1) is 19.3. The summed E-state index contributed by atoms with van der Waals surface area (Å²) in [6, 6.07) is 21.0. The molecule has 0 bridgehead atoms. The Bertz CT molecular complexity index is 1230. The molecule has 156 valence electrons. The van der Waals surface area contributed by atoms with Crippen LogP contribution in [0.1, 0.15) is 23.1 Å². The molecule has 1 N–H and O–H groups in total. The maximum atomic E-state index is 10.9. The zero-order valence-corrected chi connectivity index (χ0v) is 17.1. The Morgan fingerprint density at radius 3 is 2.87 bits per heavy atom. The lowest BCUT2D eigenvalue weighted by molar-refractivity contribution is -0.0109. The van der Waals surface area contributed by atoms with E-state index >= 15 is 0 Å². The van der Waals surface area contributed by atoms with Crippen LogP contribution in [-0.4, -0.2) is 27.8 Å². The number of benzene rings is 2. The van der Waals surface area contributed by atoms with Crippen LogP contribution < -0.4 is 14.2 Å². The van der Waals surface area contributed by atoms with Crippen molar-refractivity contribution in [1.82, 2.24) is 9.97 Å². The highest BCUT2D eigenvalue weighted by atomic mass is 16.5.